The van der Waals surface area contributed by atoms with Gasteiger partial charge in [0.25, 0.3) is 0 Å². The maximum absolute atomic E-state index is 13.9. The number of anilines is 1. The van der Waals surface area contributed by atoms with Crippen molar-refractivity contribution >= 4 is 17.4 Å². The number of aryl methyl sites for hydroxylation is 1. The minimum Gasteiger partial charge on any atom is -0.626 e. The fourth-order valence-electron chi connectivity index (χ4n) is 5.19. The minimum atomic E-state index is -5.07. The molecule has 2 heterocycles. The molecule has 1 aliphatic rings. The second-order valence-corrected chi connectivity index (χ2v) is 11.2. The summed E-state index contributed by atoms with van der Waals surface area (Å²) in [5, 5.41) is 23.5. The van der Waals surface area contributed by atoms with Crippen LogP contribution < -0.4 is 9.55 Å². The van der Waals surface area contributed by atoms with Gasteiger partial charge < -0.3 is 19.9 Å². The van der Waals surface area contributed by atoms with Gasteiger partial charge in [0.2, 0.25) is 11.7 Å². The number of aliphatic hydroxyl groups excluding tert-OH is 1. The van der Waals surface area contributed by atoms with Gasteiger partial charge in [0.1, 0.15) is 0 Å². The van der Waals surface area contributed by atoms with Gasteiger partial charge in [-0.1, -0.05) is 24.3 Å². The molecule has 0 unspecified atom stereocenters. The van der Waals surface area contributed by atoms with Crippen LogP contribution in [0.25, 0.3) is 11.1 Å². The highest BCUT2D eigenvalue weighted by atomic mass is 19.4. The van der Waals surface area contributed by atoms with E-state index >= 15 is 0 Å². The number of halogens is 6. The van der Waals surface area contributed by atoms with Crippen LogP contribution in [0.3, 0.4) is 0 Å². The number of hydrogen-bond acceptors (Lipinski definition) is 4. The van der Waals surface area contributed by atoms with Gasteiger partial charge in [-0.15, -0.1) is 0 Å². The van der Waals surface area contributed by atoms with Crippen molar-refractivity contribution in [3.05, 3.63) is 82.2 Å². The molecule has 0 spiro atoms. The predicted octanol–water partition coefficient (Wildman–Crippen LogP) is 7.00. The first kappa shape index (κ1) is 31.5. The maximum atomic E-state index is 13.9. The second kappa shape index (κ2) is 11.0. The molecular weight excluding hydrogens is 564 g/mol. The van der Waals surface area contributed by atoms with Crippen LogP contribution in [0.15, 0.2) is 54.7 Å². The zero-order chi connectivity index (χ0) is 31.3. The number of quaternary nitrogens is 1. The van der Waals surface area contributed by atoms with E-state index < -0.39 is 51.1 Å². The van der Waals surface area contributed by atoms with Crippen LogP contribution in [-0.2, 0) is 22.6 Å². The summed E-state index contributed by atoms with van der Waals surface area (Å²) >= 11 is 0. The number of nitrogens with zero attached hydrogens (tertiary/aromatic N) is 3. The standard InChI is InChI=1S/C30H31F6N3O3/c1-18-7-5-6-8-23(18)24-16-26(39(42)11-9-22(40)10-12-39)37-17-25(24)38(4)27(41)28(2,3)19-13-20(29(31,32)33)15-21(14-19)30(34,35)36/h5-8,13-17,22,40H,9-12H2,1-4H3. The number of carbonyl (C=O) groups is 1. The van der Waals surface area contributed by atoms with Crippen molar-refractivity contribution in [2.24, 2.45) is 0 Å². The summed E-state index contributed by atoms with van der Waals surface area (Å²) in [4.78, 5) is 19.4. The average molecular weight is 596 g/mol. The quantitative estimate of drug-likeness (QED) is 0.196. The number of aliphatic hydroxyl groups is 1. The number of aromatic nitrogens is 1. The number of amides is 1. The van der Waals surface area contributed by atoms with Gasteiger partial charge in [-0.3, -0.25) is 4.79 Å². The predicted molar refractivity (Wildman–Crippen MR) is 147 cm³/mol. The van der Waals surface area contributed by atoms with Crippen molar-refractivity contribution in [2.45, 2.75) is 57.5 Å². The van der Waals surface area contributed by atoms with E-state index in [1.165, 1.54) is 27.1 Å². The lowest BCUT2D eigenvalue weighted by atomic mass is 9.81. The molecule has 1 aromatic heterocycles. The molecule has 226 valence electrons. The topological polar surface area (TPSA) is 76.5 Å². The highest BCUT2D eigenvalue weighted by Gasteiger charge is 2.41. The summed E-state index contributed by atoms with van der Waals surface area (Å²) in [5.74, 6) is -0.622. The summed E-state index contributed by atoms with van der Waals surface area (Å²) < 4.78 is 80.6. The molecule has 1 amide bonds. The van der Waals surface area contributed by atoms with Gasteiger partial charge in [-0.2, -0.15) is 26.3 Å². The monoisotopic (exact) mass is 595 g/mol. The van der Waals surface area contributed by atoms with E-state index in [0.717, 1.165) is 10.5 Å². The SMILES string of the molecule is Cc1ccccc1-c1cc([N+]2([O-])CCC(O)CC2)ncc1N(C)C(=O)C(C)(C)c1cc(C(F)(F)F)cc(C(F)(F)F)c1. The Morgan fingerprint density at radius 2 is 1.45 bits per heavy atom. The zero-order valence-corrected chi connectivity index (χ0v) is 23.5. The molecule has 0 atom stereocenters. The average Bonchev–Trinajstić information content (AvgIpc) is 2.92. The van der Waals surface area contributed by atoms with Crippen LogP contribution in [-0.4, -0.2) is 42.2 Å². The van der Waals surface area contributed by atoms with E-state index in [2.05, 4.69) is 4.98 Å². The van der Waals surface area contributed by atoms with Gasteiger partial charge in [-0.05, 0) is 55.7 Å². The van der Waals surface area contributed by atoms with E-state index in [9.17, 15) is 41.5 Å². The van der Waals surface area contributed by atoms with Crippen LogP contribution in [0.1, 0.15) is 48.9 Å². The van der Waals surface area contributed by atoms with Crippen LogP contribution in [0.2, 0.25) is 0 Å². The van der Waals surface area contributed by atoms with Crippen molar-refractivity contribution in [1.29, 1.82) is 0 Å². The highest BCUT2D eigenvalue weighted by Crippen LogP contribution is 2.42. The van der Waals surface area contributed by atoms with E-state index in [0.29, 0.717) is 23.3 Å². The van der Waals surface area contributed by atoms with Crippen molar-refractivity contribution in [3.8, 4) is 11.1 Å². The lowest BCUT2D eigenvalue weighted by molar-refractivity contribution is -0.143. The first-order chi connectivity index (χ1) is 19.3. The molecule has 0 saturated carbocycles. The molecule has 1 fully saturated rings. The number of carbonyl (C=O) groups excluding carboxylic acids is 1. The van der Waals surface area contributed by atoms with Gasteiger partial charge >= 0.3 is 12.4 Å². The molecule has 6 nitrogen and oxygen atoms in total. The maximum Gasteiger partial charge on any atom is 0.416 e. The molecule has 2 aromatic carbocycles. The Morgan fingerprint density at radius 1 is 0.929 bits per heavy atom. The number of rotatable bonds is 5. The fraction of sp³-hybridized carbons (Fsp3) is 0.400. The summed E-state index contributed by atoms with van der Waals surface area (Å²) in [6.07, 6.45) is -8.82. The van der Waals surface area contributed by atoms with Gasteiger partial charge in [0, 0.05) is 31.5 Å². The summed E-state index contributed by atoms with van der Waals surface area (Å²) in [5.41, 5.74) is -3.18. The fourth-order valence-corrected chi connectivity index (χ4v) is 5.19. The molecule has 1 N–H and O–H groups in total. The summed E-state index contributed by atoms with van der Waals surface area (Å²) in [7, 11) is 1.36. The van der Waals surface area contributed by atoms with Gasteiger partial charge in [0.05, 0.1) is 47.6 Å². The molecule has 4 rings (SSSR count). The summed E-state index contributed by atoms with van der Waals surface area (Å²) in [6.45, 7) is 4.53. The molecule has 0 aliphatic carbocycles. The lowest BCUT2D eigenvalue weighted by Gasteiger charge is -2.45. The van der Waals surface area contributed by atoms with Crippen molar-refractivity contribution < 1.29 is 36.2 Å². The van der Waals surface area contributed by atoms with Crippen molar-refractivity contribution in [3.63, 3.8) is 0 Å². The molecule has 3 aromatic rings. The zero-order valence-electron chi connectivity index (χ0n) is 23.5. The minimum absolute atomic E-state index is 0.0218. The van der Waals surface area contributed by atoms with E-state index in [4.69, 9.17) is 0 Å². The Kier molecular flexibility index (Phi) is 8.22. The van der Waals surface area contributed by atoms with Crippen LogP contribution >= 0.6 is 0 Å². The molecular formula is C30H31F6N3O3. The lowest BCUT2D eigenvalue weighted by Crippen LogP contribution is -2.51. The molecule has 0 radical (unpaired) electrons. The first-order valence-corrected chi connectivity index (χ1v) is 13.3. The van der Waals surface area contributed by atoms with Crippen LogP contribution in [0, 0.1) is 12.1 Å². The third-order valence-corrected chi connectivity index (χ3v) is 7.88. The van der Waals surface area contributed by atoms with Gasteiger partial charge in [-0.25, -0.2) is 4.98 Å². The number of alkyl halides is 6. The third kappa shape index (κ3) is 6.16. The Balaban J connectivity index is 1.82. The number of hydrogen-bond donors (Lipinski definition) is 1. The number of pyridine rings is 1. The Bertz CT molecular complexity index is 1450. The Morgan fingerprint density at radius 3 is 1.98 bits per heavy atom. The Labute approximate surface area is 239 Å². The number of piperidine rings is 1. The van der Waals surface area contributed by atoms with E-state index in [1.54, 1.807) is 24.3 Å². The first-order valence-electron chi connectivity index (χ1n) is 13.3. The van der Waals surface area contributed by atoms with Crippen LogP contribution in [0.4, 0.5) is 37.8 Å². The molecule has 42 heavy (non-hydrogen) atoms. The molecule has 0 bridgehead atoms. The van der Waals surface area contributed by atoms with Crippen molar-refractivity contribution in [2.75, 3.05) is 25.0 Å². The molecule has 1 saturated heterocycles. The largest absolute Gasteiger partial charge is 0.626 e. The third-order valence-electron chi connectivity index (χ3n) is 7.88. The van der Waals surface area contributed by atoms with E-state index in [1.807, 2.05) is 13.0 Å². The molecule has 12 heteroatoms. The van der Waals surface area contributed by atoms with Crippen molar-refractivity contribution in [1.82, 2.24) is 9.63 Å². The smallest absolute Gasteiger partial charge is 0.416 e. The number of hydroxylamine groups is 2. The Hall–Kier alpha value is -3.48. The number of likely N-dealkylation sites (N-methyl/N-ethyl adjacent to an activating group) is 1. The highest BCUT2D eigenvalue weighted by molar-refractivity contribution is 6.03. The van der Waals surface area contributed by atoms with E-state index in [-0.39, 0.29) is 43.5 Å². The van der Waals surface area contributed by atoms with Gasteiger partial charge in [0.15, 0.2) is 0 Å². The normalized spacial score (nSPS) is 20.0. The number of benzene rings is 2. The van der Waals surface area contributed by atoms with Crippen LogP contribution in [0.5, 0.6) is 0 Å². The summed E-state index contributed by atoms with van der Waals surface area (Å²) in [6, 6.07) is 9.86. The molecule has 1 aliphatic heterocycles. The second-order valence-electron chi connectivity index (χ2n) is 11.2.